The lowest BCUT2D eigenvalue weighted by molar-refractivity contribution is -0.119. The van der Waals surface area contributed by atoms with E-state index in [0.29, 0.717) is 17.6 Å². The van der Waals surface area contributed by atoms with Crippen LogP contribution in [0.15, 0.2) is 23.8 Å². The number of carbonyl (C=O) groups excluding carboxylic acids is 1. The summed E-state index contributed by atoms with van der Waals surface area (Å²) < 4.78 is 0. The molecule has 0 N–H and O–H groups in total. The molecular formula is C11H12O. The van der Waals surface area contributed by atoms with E-state index in [9.17, 15) is 4.79 Å². The van der Waals surface area contributed by atoms with Crippen LogP contribution in [-0.4, -0.2) is 5.78 Å². The first-order valence-electron chi connectivity index (χ1n) is 4.77. The molecule has 3 atom stereocenters. The number of rotatable bonds is 0. The number of ketones is 1. The molecule has 3 aliphatic carbocycles. The standard InChI is InChI=1S/C11H12O/c12-10-3-1-2-7-6-8-4-5-9(10)11(7)8/h1,3,6,8-9,11H,2,4-5H2. The van der Waals surface area contributed by atoms with E-state index in [1.54, 1.807) is 6.08 Å². The van der Waals surface area contributed by atoms with Crippen LogP contribution in [0.3, 0.4) is 0 Å². The van der Waals surface area contributed by atoms with Crippen LogP contribution in [-0.2, 0) is 4.79 Å². The van der Waals surface area contributed by atoms with Gasteiger partial charge in [-0.25, -0.2) is 0 Å². The van der Waals surface area contributed by atoms with Crippen molar-refractivity contribution in [3.8, 4) is 0 Å². The zero-order chi connectivity index (χ0) is 8.13. The third-order valence-electron chi connectivity index (χ3n) is 3.56. The molecule has 0 aromatic rings. The van der Waals surface area contributed by atoms with Crippen LogP contribution in [0.1, 0.15) is 19.3 Å². The normalized spacial score (nSPS) is 43.2. The van der Waals surface area contributed by atoms with E-state index in [1.807, 2.05) is 6.08 Å². The Hall–Kier alpha value is -0.850. The van der Waals surface area contributed by atoms with Crippen molar-refractivity contribution < 1.29 is 4.79 Å². The van der Waals surface area contributed by atoms with Crippen molar-refractivity contribution in [2.75, 3.05) is 0 Å². The zero-order valence-electron chi connectivity index (χ0n) is 6.99. The molecule has 0 aromatic heterocycles. The van der Waals surface area contributed by atoms with Crippen LogP contribution in [0.25, 0.3) is 0 Å². The maximum Gasteiger partial charge on any atom is 0.159 e. The van der Waals surface area contributed by atoms with Gasteiger partial charge in [0.05, 0.1) is 0 Å². The highest BCUT2D eigenvalue weighted by Crippen LogP contribution is 2.52. The quantitative estimate of drug-likeness (QED) is 0.496. The first-order chi connectivity index (χ1) is 5.86. The fraction of sp³-hybridized carbons (Fsp3) is 0.545. The second kappa shape index (κ2) is 2.09. The highest BCUT2D eigenvalue weighted by molar-refractivity contribution is 5.93. The van der Waals surface area contributed by atoms with E-state index in [0.717, 1.165) is 18.8 Å². The Bertz CT molecular complexity index is 298. The summed E-state index contributed by atoms with van der Waals surface area (Å²) in [6, 6.07) is 0. The molecule has 12 heavy (non-hydrogen) atoms. The maximum atomic E-state index is 11.5. The molecule has 0 bridgehead atoms. The average Bonchev–Trinajstić information content (AvgIpc) is 2.31. The molecule has 3 aliphatic rings. The summed E-state index contributed by atoms with van der Waals surface area (Å²) in [5.74, 6) is 2.14. The summed E-state index contributed by atoms with van der Waals surface area (Å²) in [6.07, 6.45) is 9.61. The van der Waals surface area contributed by atoms with Crippen LogP contribution in [0, 0.1) is 17.8 Å². The Labute approximate surface area is 72.2 Å². The van der Waals surface area contributed by atoms with E-state index < -0.39 is 0 Å². The molecular weight excluding hydrogens is 148 g/mol. The highest BCUT2D eigenvalue weighted by Gasteiger charge is 2.45. The van der Waals surface area contributed by atoms with Gasteiger partial charge in [0.25, 0.3) is 0 Å². The lowest BCUT2D eigenvalue weighted by Crippen LogP contribution is -2.27. The second-order valence-corrected chi connectivity index (χ2v) is 4.12. The van der Waals surface area contributed by atoms with Gasteiger partial charge in [0.1, 0.15) is 0 Å². The predicted molar refractivity (Wildman–Crippen MR) is 46.6 cm³/mol. The van der Waals surface area contributed by atoms with Gasteiger partial charge in [-0.15, -0.1) is 0 Å². The maximum absolute atomic E-state index is 11.5. The van der Waals surface area contributed by atoms with Crippen LogP contribution >= 0.6 is 0 Å². The number of carbonyl (C=O) groups is 1. The van der Waals surface area contributed by atoms with Crippen molar-refractivity contribution in [2.24, 2.45) is 17.8 Å². The van der Waals surface area contributed by atoms with Gasteiger partial charge in [-0.05, 0) is 37.2 Å². The number of allylic oxidation sites excluding steroid dienone is 4. The van der Waals surface area contributed by atoms with Gasteiger partial charge < -0.3 is 0 Å². The lowest BCUT2D eigenvalue weighted by atomic mass is 9.72. The van der Waals surface area contributed by atoms with E-state index in [2.05, 4.69) is 6.08 Å². The molecule has 0 heterocycles. The molecule has 62 valence electrons. The molecule has 0 radical (unpaired) electrons. The van der Waals surface area contributed by atoms with Crippen LogP contribution in [0.4, 0.5) is 0 Å². The Morgan fingerprint density at radius 3 is 3.17 bits per heavy atom. The predicted octanol–water partition coefficient (Wildman–Crippen LogP) is 2.10. The SMILES string of the molecule is O=C1C=CCC2=CC3CCC1C23. The van der Waals surface area contributed by atoms with Crippen molar-refractivity contribution in [1.29, 1.82) is 0 Å². The van der Waals surface area contributed by atoms with Gasteiger partial charge in [-0.3, -0.25) is 4.79 Å². The Morgan fingerprint density at radius 1 is 1.33 bits per heavy atom. The molecule has 1 saturated carbocycles. The minimum absolute atomic E-state index is 0.355. The molecule has 1 nitrogen and oxygen atoms in total. The van der Waals surface area contributed by atoms with Crippen molar-refractivity contribution in [3.63, 3.8) is 0 Å². The zero-order valence-corrected chi connectivity index (χ0v) is 6.99. The van der Waals surface area contributed by atoms with Gasteiger partial charge in [0, 0.05) is 5.92 Å². The van der Waals surface area contributed by atoms with E-state index in [4.69, 9.17) is 0 Å². The molecule has 1 fully saturated rings. The summed E-state index contributed by atoms with van der Waals surface area (Å²) in [4.78, 5) is 11.5. The number of hydrogen-bond donors (Lipinski definition) is 0. The van der Waals surface area contributed by atoms with Gasteiger partial charge >= 0.3 is 0 Å². The first kappa shape index (κ1) is 6.64. The summed E-state index contributed by atoms with van der Waals surface area (Å²) in [6.45, 7) is 0. The largest absolute Gasteiger partial charge is 0.295 e. The summed E-state index contributed by atoms with van der Waals surface area (Å²) in [7, 11) is 0. The molecule has 3 unspecified atom stereocenters. The molecule has 1 heteroatoms. The van der Waals surface area contributed by atoms with Gasteiger partial charge in [0.15, 0.2) is 5.78 Å². The summed E-state index contributed by atoms with van der Waals surface area (Å²) >= 11 is 0. The van der Waals surface area contributed by atoms with Crippen molar-refractivity contribution in [3.05, 3.63) is 23.8 Å². The smallest absolute Gasteiger partial charge is 0.159 e. The number of hydrogen-bond acceptors (Lipinski definition) is 1. The van der Waals surface area contributed by atoms with E-state index in [1.165, 1.54) is 12.0 Å². The summed E-state index contributed by atoms with van der Waals surface area (Å²) in [5.41, 5.74) is 1.53. The third kappa shape index (κ3) is 0.669. The van der Waals surface area contributed by atoms with Gasteiger partial charge in [0.2, 0.25) is 0 Å². The molecule has 0 saturated heterocycles. The minimum atomic E-state index is 0.355. The first-order valence-corrected chi connectivity index (χ1v) is 4.77. The minimum Gasteiger partial charge on any atom is -0.295 e. The highest BCUT2D eigenvalue weighted by atomic mass is 16.1. The van der Waals surface area contributed by atoms with Crippen LogP contribution < -0.4 is 0 Å². The Morgan fingerprint density at radius 2 is 2.25 bits per heavy atom. The summed E-state index contributed by atoms with van der Waals surface area (Å²) in [5, 5.41) is 0. The fourth-order valence-electron chi connectivity index (χ4n) is 2.98. The van der Waals surface area contributed by atoms with Crippen molar-refractivity contribution in [1.82, 2.24) is 0 Å². The molecule has 0 aromatic carbocycles. The molecule has 0 spiro atoms. The monoisotopic (exact) mass is 160 g/mol. The van der Waals surface area contributed by atoms with Crippen LogP contribution in [0.5, 0.6) is 0 Å². The Balaban J connectivity index is 2.03. The van der Waals surface area contributed by atoms with Gasteiger partial charge in [-0.2, -0.15) is 0 Å². The average molecular weight is 160 g/mol. The fourth-order valence-corrected chi connectivity index (χ4v) is 2.98. The second-order valence-electron chi connectivity index (χ2n) is 4.12. The van der Waals surface area contributed by atoms with Crippen molar-refractivity contribution in [2.45, 2.75) is 19.3 Å². The van der Waals surface area contributed by atoms with Crippen molar-refractivity contribution >= 4 is 5.78 Å². The van der Waals surface area contributed by atoms with Gasteiger partial charge in [-0.1, -0.05) is 17.7 Å². The van der Waals surface area contributed by atoms with Crippen LogP contribution in [0.2, 0.25) is 0 Å². The Kier molecular flexibility index (Phi) is 1.16. The van der Waals surface area contributed by atoms with E-state index in [-0.39, 0.29) is 0 Å². The third-order valence-corrected chi connectivity index (χ3v) is 3.56. The molecule has 0 aliphatic heterocycles. The topological polar surface area (TPSA) is 17.1 Å². The lowest BCUT2D eigenvalue weighted by Gasteiger charge is -2.32. The van der Waals surface area contributed by atoms with E-state index >= 15 is 0 Å². The molecule has 0 amide bonds. The molecule has 3 rings (SSSR count).